The van der Waals surface area contributed by atoms with E-state index in [4.69, 9.17) is 4.74 Å². The number of para-hydroxylation sites is 1. The Morgan fingerprint density at radius 2 is 1.96 bits per heavy atom. The molecule has 1 amide bonds. The van der Waals surface area contributed by atoms with Gasteiger partial charge in [0.1, 0.15) is 5.75 Å². The molecule has 2 heterocycles. The molecule has 0 radical (unpaired) electrons. The maximum Gasteiger partial charge on any atom is 0.236 e. The van der Waals surface area contributed by atoms with Crippen LogP contribution in [0.4, 0.5) is 5.82 Å². The molecule has 1 fully saturated rings. The first-order chi connectivity index (χ1) is 13.2. The van der Waals surface area contributed by atoms with E-state index in [0.29, 0.717) is 5.82 Å². The van der Waals surface area contributed by atoms with Crippen molar-refractivity contribution < 1.29 is 9.53 Å². The predicted octanol–water partition coefficient (Wildman–Crippen LogP) is 3.20. The maximum atomic E-state index is 12.9. The summed E-state index contributed by atoms with van der Waals surface area (Å²) in [7, 11) is 1.64. The van der Waals surface area contributed by atoms with Crippen LogP contribution in [0.25, 0.3) is 0 Å². The zero-order valence-electron chi connectivity index (χ0n) is 15.3. The minimum Gasteiger partial charge on any atom is -0.496 e. The lowest BCUT2D eigenvalue weighted by Crippen LogP contribution is -2.28. The fourth-order valence-electron chi connectivity index (χ4n) is 3.37. The largest absolute Gasteiger partial charge is 0.496 e. The monoisotopic (exact) mass is 362 g/mol. The second kappa shape index (κ2) is 7.23. The van der Waals surface area contributed by atoms with Crippen molar-refractivity contribution in [2.75, 3.05) is 12.4 Å². The number of anilines is 1. The van der Waals surface area contributed by atoms with Gasteiger partial charge in [0.2, 0.25) is 5.91 Å². The lowest BCUT2D eigenvalue weighted by atomic mass is 9.94. The van der Waals surface area contributed by atoms with E-state index < -0.39 is 5.41 Å². The zero-order chi connectivity index (χ0) is 18.7. The molecule has 0 bridgehead atoms. The van der Waals surface area contributed by atoms with E-state index in [0.717, 1.165) is 37.1 Å². The van der Waals surface area contributed by atoms with Gasteiger partial charge in [-0.25, -0.2) is 0 Å². The number of carbonyl (C=O) groups is 1. The second-order valence-corrected chi connectivity index (χ2v) is 6.81. The molecule has 1 aliphatic carbocycles. The van der Waals surface area contributed by atoms with Gasteiger partial charge in [-0.05, 0) is 43.0 Å². The molecule has 0 unspecified atom stereocenters. The first-order valence-corrected chi connectivity index (χ1v) is 9.08. The predicted molar refractivity (Wildman–Crippen MR) is 103 cm³/mol. The third kappa shape index (κ3) is 3.56. The van der Waals surface area contributed by atoms with Crippen LogP contribution < -0.4 is 10.1 Å². The Morgan fingerprint density at radius 3 is 2.70 bits per heavy atom. The number of pyridine rings is 1. The van der Waals surface area contributed by atoms with Crippen LogP contribution in [-0.2, 0) is 23.2 Å². The van der Waals surface area contributed by atoms with Crippen LogP contribution in [0.1, 0.15) is 24.0 Å². The standard InChI is InChI=1S/C21H22N4O2/c1-27-18-5-3-2-4-17(18)21(10-11-21)20(26)23-19-9-15-25(24-19)14-8-16-6-12-22-13-7-16/h2-7,9,12-13,15H,8,10-11,14H2,1H3,(H,23,24,26). The van der Waals surface area contributed by atoms with Crippen molar-refractivity contribution in [3.8, 4) is 5.75 Å². The summed E-state index contributed by atoms with van der Waals surface area (Å²) < 4.78 is 7.29. The Kier molecular flexibility index (Phi) is 4.62. The highest BCUT2D eigenvalue weighted by Crippen LogP contribution is 2.51. The fourth-order valence-corrected chi connectivity index (χ4v) is 3.37. The van der Waals surface area contributed by atoms with Crippen molar-refractivity contribution in [1.29, 1.82) is 0 Å². The molecule has 138 valence electrons. The molecule has 0 saturated heterocycles. The third-order valence-corrected chi connectivity index (χ3v) is 5.07. The maximum absolute atomic E-state index is 12.9. The summed E-state index contributed by atoms with van der Waals surface area (Å²) >= 11 is 0. The number of nitrogens with zero attached hydrogens (tertiary/aromatic N) is 3. The number of nitrogens with one attached hydrogen (secondary N) is 1. The molecule has 3 aromatic rings. The van der Waals surface area contributed by atoms with Gasteiger partial charge in [-0.2, -0.15) is 5.10 Å². The minimum absolute atomic E-state index is 0.0219. The van der Waals surface area contributed by atoms with E-state index in [-0.39, 0.29) is 5.91 Å². The highest BCUT2D eigenvalue weighted by molar-refractivity contribution is 6.01. The van der Waals surface area contributed by atoms with Gasteiger partial charge in [-0.15, -0.1) is 0 Å². The summed E-state index contributed by atoms with van der Waals surface area (Å²) in [6.07, 6.45) is 7.97. The number of amides is 1. The molecule has 1 saturated carbocycles. The molecule has 4 rings (SSSR count). The molecular formula is C21H22N4O2. The van der Waals surface area contributed by atoms with Gasteiger partial charge in [0.15, 0.2) is 5.82 Å². The lowest BCUT2D eigenvalue weighted by Gasteiger charge is -2.17. The third-order valence-electron chi connectivity index (χ3n) is 5.07. The van der Waals surface area contributed by atoms with Crippen LogP contribution >= 0.6 is 0 Å². The lowest BCUT2D eigenvalue weighted by molar-refractivity contribution is -0.118. The van der Waals surface area contributed by atoms with Crippen molar-refractivity contribution in [2.24, 2.45) is 0 Å². The van der Waals surface area contributed by atoms with E-state index in [1.54, 1.807) is 19.5 Å². The summed E-state index contributed by atoms with van der Waals surface area (Å²) in [6, 6.07) is 13.6. The minimum atomic E-state index is -0.507. The molecule has 0 spiro atoms. The van der Waals surface area contributed by atoms with Crippen molar-refractivity contribution in [3.05, 3.63) is 72.2 Å². The summed E-state index contributed by atoms with van der Waals surface area (Å²) in [5.41, 5.74) is 1.65. The summed E-state index contributed by atoms with van der Waals surface area (Å²) in [5.74, 6) is 1.32. The molecule has 27 heavy (non-hydrogen) atoms. The number of hydrogen-bond donors (Lipinski definition) is 1. The van der Waals surface area contributed by atoms with Gasteiger partial charge in [-0.1, -0.05) is 18.2 Å². The smallest absolute Gasteiger partial charge is 0.236 e. The Bertz CT molecular complexity index is 932. The van der Waals surface area contributed by atoms with Crippen LogP contribution in [0.15, 0.2) is 61.1 Å². The first kappa shape index (κ1) is 17.3. The van der Waals surface area contributed by atoms with Crippen LogP contribution in [0.5, 0.6) is 5.75 Å². The van der Waals surface area contributed by atoms with Crippen LogP contribution in [0.2, 0.25) is 0 Å². The number of hydrogen-bond acceptors (Lipinski definition) is 4. The van der Waals surface area contributed by atoms with Gasteiger partial charge >= 0.3 is 0 Å². The van der Waals surface area contributed by atoms with E-state index in [9.17, 15) is 4.79 Å². The van der Waals surface area contributed by atoms with E-state index >= 15 is 0 Å². The Hall–Kier alpha value is -3.15. The number of rotatable bonds is 7. The second-order valence-electron chi connectivity index (χ2n) is 6.81. The quantitative estimate of drug-likeness (QED) is 0.701. The van der Waals surface area contributed by atoms with E-state index in [1.807, 2.05) is 53.3 Å². The van der Waals surface area contributed by atoms with Crippen LogP contribution in [-0.4, -0.2) is 27.8 Å². The van der Waals surface area contributed by atoms with Crippen LogP contribution in [0.3, 0.4) is 0 Å². The van der Waals surface area contributed by atoms with Crippen molar-refractivity contribution in [1.82, 2.24) is 14.8 Å². The van der Waals surface area contributed by atoms with Crippen molar-refractivity contribution in [3.63, 3.8) is 0 Å². The molecule has 2 aromatic heterocycles. The summed E-state index contributed by atoms with van der Waals surface area (Å²) in [5, 5.41) is 7.46. The number of benzene rings is 1. The summed E-state index contributed by atoms with van der Waals surface area (Å²) in [6.45, 7) is 0.748. The van der Waals surface area contributed by atoms with E-state index in [1.165, 1.54) is 5.56 Å². The topological polar surface area (TPSA) is 69.0 Å². The highest BCUT2D eigenvalue weighted by atomic mass is 16.5. The molecule has 1 aromatic carbocycles. The number of aryl methyl sites for hydroxylation is 2. The Morgan fingerprint density at radius 1 is 1.19 bits per heavy atom. The summed E-state index contributed by atoms with van der Waals surface area (Å²) in [4.78, 5) is 17.0. The normalized spacial score (nSPS) is 14.6. The van der Waals surface area contributed by atoms with Crippen molar-refractivity contribution in [2.45, 2.75) is 31.2 Å². The van der Waals surface area contributed by atoms with E-state index in [2.05, 4.69) is 15.4 Å². The average Bonchev–Trinajstić information content (AvgIpc) is 3.41. The fraction of sp³-hybridized carbons (Fsp3) is 0.286. The molecule has 0 atom stereocenters. The molecule has 1 N–H and O–H groups in total. The Balaban J connectivity index is 1.42. The Labute approximate surface area is 158 Å². The number of aromatic nitrogens is 3. The molecule has 0 aliphatic heterocycles. The van der Waals surface area contributed by atoms with Gasteiger partial charge in [0.05, 0.1) is 12.5 Å². The van der Waals surface area contributed by atoms with Gasteiger partial charge in [0, 0.05) is 36.8 Å². The average molecular weight is 362 g/mol. The highest BCUT2D eigenvalue weighted by Gasteiger charge is 2.53. The molecular weight excluding hydrogens is 340 g/mol. The number of ether oxygens (including phenoxy) is 1. The van der Waals surface area contributed by atoms with Crippen molar-refractivity contribution >= 4 is 11.7 Å². The van der Waals surface area contributed by atoms with Gasteiger partial charge in [0.25, 0.3) is 0 Å². The SMILES string of the molecule is COc1ccccc1C1(C(=O)Nc2ccn(CCc3ccncc3)n2)CC1. The molecule has 1 aliphatic rings. The number of carbonyl (C=O) groups excluding carboxylic acids is 1. The van der Waals surface area contributed by atoms with Gasteiger partial charge < -0.3 is 10.1 Å². The first-order valence-electron chi connectivity index (χ1n) is 9.08. The number of methoxy groups -OCH3 is 1. The molecule has 6 heteroatoms. The van der Waals surface area contributed by atoms with Crippen LogP contribution in [0, 0.1) is 0 Å². The van der Waals surface area contributed by atoms with Gasteiger partial charge in [-0.3, -0.25) is 14.5 Å². The zero-order valence-corrected chi connectivity index (χ0v) is 15.3. The molecule has 6 nitrogen and oxygen atoms in total.